The minimum atomic E-state index is 0.0212. The van der Waals surface area contributed by atoms with E-state index in [9.17, 15) is 5.11 Å². The molecule has 3 N–H and O–H groups in total. The van der Waals surface area contributed by atoms with Crippen molar-refractivity contribution in [1.82, 2.24) is 14.9 Å². The van der Waals surface area contributed by atoms with E-state index in [1.54, 1.807) is 7.11 Å². The first-order valence-corrected chi connectivity index (χ1v) is 12.0. The van der Waals surface area contributed by atoms with E-state index in [2.05, 4.69) is 17.1 Å². The summed E-state index contributed by atoms with van der Waals surface area (Å²) in [6.45, 7) is 0.331. The monoisotopic (exact) mass is 456 g/mol. The number of hydrogen-bond donors (Lipinski definition) is 3. The van der Waals surface area contributed by atoms with Crippen LogP contribution < -0.4 is 4.74 Å². The van der Waals surface area contributed by atoms with Gasteiger partial charge in [-0.3, -0.25) is 5.41 Å². The second-order valence-electron chi connectivity index (χ2n) is 8.54. The van der Waals surface area contributed by atoms with Crippen LogP contribution >= 0.6 is 11.3 Å². The maximum absolute atomic E-state index is 10.9. The van der Waals surface area contributed by atoms with Crippen molar-refractivity contribution in [3.05, 3.63) is 75.9 Å². The van der Waals surface area contributed by atoms with Crippen molar-refractivity contribution >= 4 is 33.6 Å². The van der Waals surface area contributed by atoms with Crippen molar-refractivity contribution in [1.29, 1.82) is 5.41 Å². The maximum Gasteiger partial charge on any atom is 0.135 e. The predicted molar refractivity (Wildman–Crippen MR) is 132 cm³/mol. The summed E-state index contributed by atoms with van der Waals surface area (Å²) in [4.78, 5) is 10.4. The Kier molecular flexibility index (Phi) is 4.73. The summed E-state index contributed by atoms with van der Waals surface area (Å²) in [5.41, 5.74) is 5.97. The van der Waals surface area contributed by atoms with E-state index in [0.29, 0.717) is 23.0 Å². The molecule has 166 valence electrons. The number of aliphatic hydroxyl groups excluding tert-OH is 1. The zero-order chi connectivity index (χ0) is 22.5. The molecule has 7 heteroatoms. The highest BCUT2D eigenvalue weighted by atomic mass is 32.1. The molecular weight excluding hydrogens is 432 g/mol. The van der Waals surface area contributed by atoms with Crippen LogP contribution in [0.2, 0.25) is 0 Å². The van der Waals surface area contributed by atoms with E-state index in [0.717, 1.165) is 47.5 Å². The van der Waals surface area contributed by atoms with Gasteiger partial charge in [0.25, 0.3) is 0 Å². The summed E-state index contributed by atoms with van der Waals surface area (Å²) in [5.74, 6) is 1.41. The van der Waals surface area contributed by atoms with Crippen LogP contribution in [0.5, 0.6) is 5.75 Å². The summed E-state index contributed by atoms with van der Waals surface area (Å²) in [6, 6.07) is 16.1. The fourth-order valence-electron chi connectivity index (χ4n) is 5.08. The molecule has 1 atom stereocenters. The van der Waals surface area contributed by atoms with Crippen molar-refractivity contribution in [2.24, 2.45) is 0 Å². The zero-order valence-electron chi connectivity index (χ0n) is 18.3. The van der Waals surface area contributed by atoms with Gasteiger partial charge in [-0.15, -0.1) is 11.3 Å². The van der Waals surface area contributed by atoms with Crippen LogP contribution in [0.15, 0.2) is 59.7 Å². The van der Waals surface area contributed by atoms with Gasteiger partial charge in [-0.2, -0.15) is 0 Å². The SMILES string of the molecule is COc1ccc2[nH]c3c(c2c1)CCC[C@@H]3N1CC(O)=C(c2nc(-c3ccccc3)cs2)C1=N. The molecule has 1 aliphatic carbocycles. The normalized spacial score (nSPS) is 18.3. The second-order valence-corrected chi connectivity index (χ2v) is 9.40. The molecular formula is C26H24N4O2S. The molecule has 2 aliphatic rings. The summed E-state index contributed by atoms with van der Waals surface area (Å²) >= 11 is 1.47. The standard InChI is InChI=1S/C26H24N4O2S/c1-32-16-10-11-19-18(12-16)17-8-5-9-21(24(17)28-19)30-13-22(31)23(25(30)27)26-29-20(14-33-26)15-6-3-2-4-7-15/h2-4,6-7,10-12,14,21,27-28,31H,5,8-9,13H2,1H3/t21-/m0/s1. The third-order valence-electron chi connectivity index (χ3n) is 6.68. The van der Waals surface area contributed by atoms with Crippen LogP contribution in [0.1, 0.15) is 35.1 Å². The molecule has 0 bridgehead atoms. The quantitative estimate of drug-likeness (QED) is 0.355. The minimum absolute atomic E-state index is 0.0212. The first-order valence-electron chi connectivity index (χ1n) is 11.1. The molecule has 2 aromatic carbocycles. The Morgan fingerprint density at radius 2 is 2.06 bits per heavy atom. The molecule has 0 saturated carbocycles. The lowest BCUT2D eigenvalue weighted by Gasteiger charge is -2.32. The number of rotatable bonds is 4. The molecule has 6 rings (SSSR count). The number of nitrogens with zero attached hydrogens (tertiary/aromatic N) is 2. The van der Waals surface area contributed by atoms with Gasteiger partial charge in [0.2, 0.25) is 0 Å². The summed E-state index contributed by atoms with van der Waals surface area (Å²) < 4.78 is 5.43. The van der Waals surface area contributed by atoms with Crippen molar-refractivity contribution in [3.63, 3.8) is 0 Å². The molecule has 2 aromatic heterocycles. The summed E-state index contributed by atoms with van der Waals surface area (Å²) in [5, 5.41) is 23.7. The van der Waals surface area contributed by atoms with E-state index in [1.807, 2.05) is 46.7 Å². The van der Waals surface area contributed by atoms with Gasteiger partial charge >= 0.3 is 0 Å². The van der Waals surface area contributed by atoms with Gasteiger partial charge in [0.05, 0.1) is 31.0 Å². The lowest BCUT2D eigenvalue weighted by molar-refractivity contribution is 0.271. The van der Waals surface area contributed by atoms with Crippen molar-refractivity contribution in [2.75, 3.05) is 13.7 Å². The molecule has 0 radical (unpaired) electrons. The van der Waals surface area contributed by atoms with E-state index in [1.165, 1.54) is 22.3 Å². The van der Waals surface area contributed by atoms with Gasteiger partial charge in [-0.1, -0.05) is 30.3 Å². The number of hydrogen-bond acceptors (Lipinski definition) is 5. The summed E-state index contributed by atoms with van der Waals surface area (Å²) in [7, 11) is 1.69. The van der Waals surface area contributed by atoms with Gasteiger partial charge in [0.1, 0.15) is 22.4 Å². The smallest absolute Gasteiger partial charge is 0.135 e. The van der Waals surface area contributed by atoms with Crippen LogP contribution in [0.3, 0.4) is 0 Å². The van der Waals surface area contributed by atoms with Crippen molar-refractivity contribution in [2.45, 2.75) is 25.3 Å². The van der Waals surface area contributed by atoms with Gasteiger partial charge < -0.3 is 19.7 Å². The number of amidine groups is 1. The average Bonchev–Trinajstić information content (AvgIpc) is 3.54. The first kappa shape index (κ1) is 20.1. The number of methoxy groups -OCH3 is 1. The number of nitrogens with one attached hydrogen (secondary N) is 2. The van der Waals surface area contributed by atoms with Crippen molar-refractivity contribution < 1.29 is 9.84 Å². The third kappa shape index (κ3) is 3.23. The van der Waals surface area contributed by atoms with E-state index < -0.39 is 0 Å². The average molecular weight is 457 g/mol. The summed E-state index contributed by atoms with van der Waals surface area (Å²) in [6.07, 6.45) is 2.98. The lowest BCUT2D eigenvalue weighted by atomic mass is 9.90. The molecule has 1 aliphatic heterocycles. The fourth-order valence-corrected chi connectivity index (χ4v) is 5.97. The molecule has 0 fully saturated rings. The maximum atomic E-state index is 10.9. The number of fused-ring (bicyclic) bond motifs is 3. The fraction of sp³-hybridized carbons (Fsp3) is 0.231. The van der Waals surface area contributed by atoms with Crippen LogP contribution in [-0.2, 0) is 6.42 Å². The van der Waals surface area contributed by atoms with Crippen LogP contribution in [0, 0.1) is 5.41 Å². The highest BCUT2D eigenvalue weighted by molar-refractivity contribution is 7.11. The number of aliphatic hydroxyl groups is 1. The van der Waals surface area contributed by atoms with Gasteiger partial charge in [0, 0.05) is 27.5 Å². The predicted octanol–water partition coefficient (Wildman–Crippen LogP) is 5.94. The third-order valence-corrected chi connectivity index (χ3v) is 7.54. The Morgan fingerprint density at radius 3 is 2.88 bits per heavy atom. The van der Waals surface area contributed by atoms with Gasteiger partial charge in [0.15, 0.2) is 0 Å². The molecule has 6 nitrogen and oxygen atoms in total. The molecule has 33 heavy (non-hydrogen) atoms. The van der Waals surface area contributed by atoms with Crippen LogP contribution in [-0.4, -0.2) is 39.5 Å². The van der Waals surface area contributed by atoms with Crippen molar-refractivity contribution in [3.8, 4) is 17.0 Å². The van der Waals surface area contributed by atoms with E-state index in [4.69, 9.17) is 15.1 Å². The lowest BCUT2D eigenvalue weighted by Crippen LogP contribution is -2.33. The van der Waals surface area contributed by atoms with Crippen LogP contribution in [0.4, 0.5) is 0 Å². The number of aromatic amines is 1. The molecule has 0 saturated heterocycles. The number of thiazole rings is 1. The topological polar surface area (TPSA) is 85.2 Å². The highest BCUT2D eigenvalue weighted by Gasteiger charge is 2.38. The zero-order valence-corrected chi connectivity index (χ0v) is 19.1. The second kappa shape index (κ2) is 7.78. The highest BCUT2D eigenvalue weighted by Crippen LogP contribution is 2.43. The van der Waals surface area contributed by atoms with Crippen LogP contribution in [0.25, 0.3) is 27.7 Å². The minimum Gasteiger partial charge on any atom is -0.510 e. The Balaban J connectivity index is 1.33. The number of benzene rings is 2. The van der Waals surface area contributed by atoms with E-state index in [-0.39, 0.29) is 11.8 Å². The molecule has 0 spiro atoms. The molecule has 4 aromatic rings. The number of aromatic nitrogens is 2. The Bertz CT molecular complexity index is 1400. The largest absolute Gasteiger partial charge is 0.510 e. The Morgan fingerprint density at radius 1 is 1.21 bits per heavy atom. The Hall–Kier alpha value is -3.58. The molecule has 0 amide bonds. The first-order chi connectivity index (χ1) is 16.1. The van der Waals surface area contributed by atoms with Gasteiger partial charge in [-0.05, 0) is 43.0 Å². The Labute approximate surface area is 195 Å². The number of aryl methyl sites for hydroxylation is 1. The number of H-pyrrole nitrogens is 1. The molecule has 3 heterocycles. The number of ether oxygens (including phenoxy) is 1. The van der Waals surface area contributed by atoms with Gasteiger partial charge in [-0.25, -0.2) is 4.98 Å². The molecule has 0 unspecified atom stereocenters. The van der Waals surface area contributed by atoms with E-state index >= 15 is 0 Å².